The SMILES string of the molecule is C/C=C\C.Cc1ccc(-c2cccc(C(F)(F)F)c2)cc1. The van der Waals surface area contributed by atoms with Gasteiger partial charge in [0.2, 0.25) is 0 Å². The van der Waals surface area contributed by atoms with Gasteiger partial charge < -0.3 is 0 Å². The molecule has 0 saturated carbocycles. The second-order valence-electron chi connectivity index (χ2n) is 4.61. The van der Waals surface area contributed by atoms with Crippen LogP contribution in [0.5, 0.6) is 0 Å². The summed E-state index contributed by atoms with van der Waals surface area (Å²) in [4.78, 5) is 0. The van der Waals surface area contributed by atoms with E-state index in [0.29, 0.717) is 5.56 Å². The first-order valence-corrected chi connectivity index (χ1v) is 6.70. The van der Waals surface area contributed by atoms with Crippen molar-refractivity contribution >= 4 is 0 Å². The normalized spacial score (nSPS) is 11.1. The van der Waals surface area contributed by atoms with Crippen LogP contribution in [-0.2, 0) is 6.18 Å². The van der Waals surface area contributed by atoms with Crippen molar-refractivity contribution in [2.45, 2.75) is 26.9 Å². The molecule has 0 spiro atoms. The third-order valence-electron chi connectivity index (χ3n) is 2.91. The fourth-order valence-corrected chi connectivity index (χ4v) is 1.62. The van der Waals surface area contributed by atoms with E-state index in [9.17, 15) is 13.2 Å². The number of benzene rings is 2. The first kappa shape index (κ1) is 17.0. The van der Waals surface area contributed by atoms with Crippen LogP contribution in [0.4, 0.5) is 13.2 Å². The predicted molar refractivity (Wildman–Crippen MR) is 82.1 cm³/mol. The number of rotatable bonds is 1. The first-order chi connectivity index (χ1) is 9.88. The van der Waals surface area contributed by atoms with Crippen LogP contribution >= 0.6 is 0 Å². The van der Waals surface area contributed by atoms with E-state index in [1.165, 1.54) is 12.1 Å². The van der Waals surface area contributed by atoms with Crippen LogP contribution in [0.3, 0.4) is 0 Å². The Balaban J connectivity index is 0.000000491. The van der Waals surface area contributed by atoms with Crippen molar-refractivity contribution in [3.63, 3.8) is 0 Å². The summed E-state index contributed by atoms with van der Waals surface area (Å²) in [5.74, 6) is 0. The van der Waals surface area contributed by atoms with Crippen LogP contribution in [0, 0.1) is 6.92 Å². The Morgan fingerprint density at radius 2 is 1.38 bits per heavy atom. The number of hydrogen-bond donors (Lipinski definition) is 0. The van der Waals surface area contributed by atoms with E-state index in [2.05, 4.69) is 0 Å². The first-order valence-electron chi connectivity index (χ1n) is 6.70. The highest BCUT2D eigenvalue weighted by Crippen LogP contribution is 2.32. The minimum Gasteiger partial charge on any atom is -0.166 e. The molecule has 0 aromatic heterocycles. The van der Waals surface area contributed by atoms with E-state index in [4.69, 9.17) is 0 Å². The van der Waals surface area contributed by atoms with E-state index in [-0.39, 0.29) is 0 Å². The van der Waals surface area contributed by atoms with Crippen molar-refractivity contribution in [2.75, 3.05) is 0 Å². The van der Waals surface area contributed by atoms with Crippen molar-refractivity contribution in [2.24, 2.45) is 0 Å². The van der Waals surface area contributed by atoms with Gasteiger partial charge in [0.1, 0.15) is 0 Å². The fourth-order valence-electron chi connectivity index (χ4n) is 1.62. The lowest BCUT2D eigenvalue weighted by molar-refractivity contribution is -0.137. The van der Waals surface area contributed by atoms with Crippen molar-refractivity contribution in [3.05, 3.63) is 71.8 Å². The topological polar surface area (TPSA) is 0 Å². The van der Waals surface area contributed by atoms with Crippen LogP contribution in [0.25, 0.3) is 11.1 Å². The minimum absolute atomic E-state index is 0.583. The van der Waals surface area contributed by atoms with Gasteiger partial charge >= 0.3 is 6.18 Å². The molecule has 0 unspecified atom stereocenters. The monoisotopic (exact) mass is 292 g/mol. The van der Waals surface area contributed by atoms with E-state index < -0.39 is 11.7 Å². The Hall–Kier alpha value is -2.03. The highest BCUT2D eigenvalue weighted by molar-refractivity contribution is 5.64. The van der Waals surface area contributed by atoms with Gasteiger partial charge in [-0.25, -0.2) is 0 Å². The quantitative estimate of drug-likeness (QED) is 0.544. The van der Waals surface area contributed by atoms with E-state index in [1.54, 1.807) is 6.07 Å². The van der Waals surface area contributed by atoms with E-state index in [0.717, 1.165) is 17.2 Å². The van der Waals surface area contributed by atoms with Crippen LogP contribution in [0.15, 0.2) is 60.7 Å². The van der Waals surface area contributed by atoms with Crippen molar-refractivity contribution in [1.29, 1.82) is 0 Å². The molecule has 112 valence electrons. The van der Waals surface area contributed by atoms with Crippen LogP contribution in [-0.4, -0.2) is 0 Å². The maximum absolute atomic E-state index is 12.5. The molecule has 2 rings (SSSR count). The average Bonchev–Trinajstić information content (AvgIpc) is 2.47. The Morgan fingerprint density at radius 3 is 1.86 bits per heavy atom. The zero-order valence-corrected chi connectivity index (χ0v) is 12.4. The lowest BCUT2D eigenvalue weighted by atomic mass is 10.0. The van der Waals surface area contributed by atoms with Crippen LogP contribution < -0.4 is 0 Å². The Labute approximate surface area is 123 Å². The molecule has 3 heteroatoms. The Kier molecular flexibility index (Phi) is 6.22. The fraction of sp³-hybridized carbons (Fsp3) is 0.222. The lowest BCUT2D eigenvalue weighted by Gasteiger charge is -2.09. The lowest BCUT2D eigenvalue weighted by Crippen LogP contribution is -2.04. The highest BCUT2D eigenvalue weighted by Gasteiger charge is 2.30. The summed E-state index contributed by atoms with van der Waals surface area (Å²) in [7, 11) is 0. The Bertz CT molecular complexity index is 574. The molecule has 0 aliphatic heterocycles. The van der Waals surface area contributed by atoms with Crippen LogP contribution in [0.2, 0.25) is 0 Å². The van der Waals surface area contributed by atoms with Gasteiger partial charge in [-0.05, 0) is 44.0 Å². The summed E-state index contributed by atoms with van der Waals surface area (Å²) < 4.78 is 37.6. The molecule has 2 aromatic rings. The van der Waals surface area contributed by atoms with Gasteiger partial charge in [-0.15, -0.1) is 0 Å². The molecule has 0 bridgehead atoms. The number of aryl methyl sites for hydroxylation is 1. The predicted octanol–water partition coefficient (Wildman–Crippen LogP) is 6.26. The molecule has 0 atom stereocenters. The summed E-state index contributed by atoms with van der Waals surface area (Å²) in [6.45, 7) is 5.94. The number of alkyl halides is 3. The maximum Gasteiger partial charge on any atom is 0.416 e. The molecule has 2 aromatic carbocycles. The molecular formula is C18H19F3. The number of halogens is 3. The van der Waals surface area contributed by atoms with Crippen molar-refractivity contribution in [3.8, 4) is 11.1 Å². The molecule has 0 heterocycles. The molecule has 0 saturated heterocycles. The highest BCUT2D eigenvalue weighted by atomic mass is 19.4. The molecule has 0 aliphatic carbocycles. The summed E-state index contributed by atoms with van der Waals surface area (Å²) in [5, 5.41) is 0. The molecule has 0 nitrogen and oxygen atoms in total. The van der Waals surface area contributed by atoms with E-state index in [1.807, 2.05) is 57.2 Å². The zero-order valence-electron chi connectivity index (χ0n) is 12.4. The third kappa shape index (κ3) is 5.46. The molecule has 21 heavy (non-hydrogen) atoms. The van der Waals surface area contributed by atoms with Gasteiger partial charge in [0.05, 0.1) is 5.56 Å². The summed E-state index contributed by atoms with van der Waals surface area (Å²) in [5.41, 5.74) is 1.85. The molecule has 0 amide bonds. The number of allylic oxidation sites excluding steroid dienone is 2. The molecular weight excluding hydrogens is 273 g/mol. The second-order valence-corrected chi connectivity index (χ2v) is 4.61. The smallest absolute Gasteiger partial charge is 0.166 e. The zero-order chi connectivity index (χ0) is 15.9. The third-order valence-corrected chi connectivity index (χ3v) is 2.91. The van der Waals surface area contributed by atoms with Gasteiger partial charge in [0, 0.05) is 0 Å². The molecule has 0 aliphatic rings. The van der Waals surface area contributed by atoms with Crippen LogP contribution in [0.1, 0.15) is 25.0 Å². The number of hydrogen-bond acceptors (Lipinski definition) is 0. The van der Waals surface area contributed by atoms with E-state index >= 15 is 0 Å². The molecule has 0 radical (unpaired) electrons. The van der Waals surface area contributed by atoms with Gasteiger partial charge in [-0.1, -0.05) is 54.1 Å². The average molecular weight is 292 g/mol. The molecule has 0 fully saturated rings. The summed E-state index contributed by atoms with van der Waals surface area (Å²) >= 11 is 0. The van der Waals surface area contributed by atoms with Gasteiger partial charge in [-0.2, -0.15) is 13.2 Å². The van der Waals surface area contributed by atoms with Gasteiger partial charge in [0.25, 0.3) is 0 Å². The largest absolute Gasteiger partial charge is 0.416 e. The standard InChI is InChI=1S/C14H11F3.C4H8/c1-10-5-7-11(8-6-10)12-3-2-4-13(9-12)14(15,16)17;1-3-4-2/h2-9H,1H3;3-4H,1-2H3/b;4-3-. The second kappa shape index (κ2) is 7.67. The van der Waals surface area contributed by atoms with Gasteiger partial charge in [0.15, 0.2) is 0 Å². The van der Waals surface area contributed by atoms with Crippen molar-refractivity contribution in [1.82, 2.24) is 0 Å². The Morgan fingerprint density at radius 1 is 0.810 bits per heavy atom. The van der Waals surface area contributed by atoms with Gasteiger partial charge in [-0.3, -0.25) is 0 Å². The summed E-state index contributed by atoms with van der Waals surface area (Å²) in [6, 6.07) is 12.8. The molecule has 0 N–H and O–H groups in total. The summed E-state index contributed by atoms with van der Waals surface area (Å²) in [6.07, 6.45) is -0.291. The maximum atomic E-state index is 12.5. The van der Waals surface area contributed by atoms with Crippen molar-refractivity contribution < 1.29 is 13.2 Å². The minimum atomic E-state index is -4.29.